The molecule has 2 heterocycles. The van der Waals surface area contributed by atoms with Gasteiger partial charge in [-0.15, -0.1) is 11.3 Å². The van der Waals surface area contributed by atoms with Crippen LogP contribution in [0.15, 0.2) is 102 Å². The van der Waals surface area contributed by atoms with Crippen molar-refractivity contribution in [2.75, 3.05) is 31.5 Å². The number of rotatable bonds is 8. The number of nitrogens with zero attached hydrogens (tertiary/aromatic N) is 3. The molecule has 5 rings (SSSR count). The van der Waals surface area contributed by atoms with E-state index in [9.17, 15) is 9.59 Å². The van der Waals surface area contributed by atoms with E-state index in [1.54, 1.807) is 6.08 Å². The minimum Gasteiger partial charge on any atom is -0.340 e. The van der Waals surface area contributed by atoms with E-state index in [-0.39, 0.29) is 24.3 Å². The Morgan fingerprint density at radius 2 is 1.42 bits per heavy atom. The molecule has 1 fully saturated rings. The number of anilines is 1. The molecule has 0 saturated carbocycles. The van der Waals surface area contributed by atoms with Crippen molar-refractivity contribution in [3.05, 3.63) is 125 Å². The van der Waals surface area contributed by atoms with Crippen LogP contribution in [0.25, 0.3) is 6.08 Å². The molecule has 4 aromatic rings. The van der Waals surface area contributed by atoms with Gasteiger partial charge in [0.1, 0.15) is 0 Å². The molecular formula is C31H30N4O2S. The Balaban J connectivity index is 1.15. The van der Waals surface area contributed by atoms with Crippen molar-refractivity contribution < 1.29 is 9.59 Å². The smallest absolute Gasteiger partial charge is 0.250 e. The van der Waals surface area contributed by atoms with Gasteiger partial charge in [0.25, 0.3) is 0 Å². The van der Waals surface area contributed by atoms with E-state index in [1.807, 2.05) is 52.7 Å². The SMILES string of the molecule is O=C(/C=C/c1ccccc1)Nc1nc(CC(=O)N2CCN(C(c3ccccc3)c3ccccc3)CC2)cs1. The number of piperazine rings is 1. The molecular weight excluding hydrogens is 492 g/mol. The van der Waals surface area contributed by atoms with Gasteiger partial charge in [0.2, 0.25) is 11.8 Å². The van der Waals surface area contributed by atoms with Crippen molar-refractivity contribution in [1.82, 2.24) is 14.8 Å². The van der Waals surface area contributed by atoms with Gasteiger partial charge in [-0.05, 0) is 22.8 Å². The van der Waals surface area contributed by atoms with E-state index in [2.05, 4.69) is 63.7 Å². The molecule has 2 amide bonds. The van der Waals surface area contributed by atoms with Gasteiger partial charge in [-0.25, -0.2) is 4.98 Å². The molecule has 1 saturated heterocycles. The third-order valence-corrected chi connectivity index (χ3v) is 7.41. The van der Waals surface area contributed by atoms with Crippen LogP contribution >= 0.6 is 11.3 Å². The summed E-state index contributed by atoms with van der Waals surface area (Å²) >= 11 is 1.33. The van der Waals surface area contributed by atoms with Crippen LogP contribution in [0, 0.1) is 0 Å². The molecule has 192 valence electrons. The predicted octanol–water partition coefficient (Wildman–Crippen LogP) is 5.27. The summed E-state index contributed by atoms with van der Waals surface area (Å²) in [6.07, 6.45) is 3.47. The second-order valence-electron chi connectivity index (χ2n) is 9.19. The van der Waals surface area contributed by atoms with E-state index < -0.39 is 0 Å². The summed E-state index contributed by atoms with van der Waals surface area (Å²) in [5.41, 5.74) is 4.14. The summed E-state index contributed by atoms with van der Waals surface area (Å²) in [6, 6.07) is 30.9. The van der Waals surface area contributed by atoms with Crippen LogP contribution in [0.3, 0.4) is 0 Å². The minimum absolute atomic E-state index is 0.0628. The number of thiazole rings is 1. The Labute approximate surface area is 227 Å². The molecule has 0 atom stereocenters. The number of amides is 2. The van der Waals surface area contributed by atoms with E-state index in [4.69, 9.17) is 0 Å². The largest absolute Gasteiger partial charge is 0.340 e. The molecule has 1 aliphatic heterocycles. The number of nitrogens with one attached hydrogen (secondary N) is 1. The molecule has 0 spiro atoms. The lowest BCUT2D eigenvalue weighted by atomic mass is 9.96. The number of carbonyl (C=O) groups is 2. The highest BCUT2D eigenvalue weighted by Gasteiger charge is 2.28. The van der Waals surface area contributed by atoms with Crippen LogP contribution in [-0.4, -0.2) is 52.8 Å². The number of aromatic nitrogens is 1. The molecule has 7 heteroatoms. The Morgan fingerprint density at radius 3 is 2.03 bits per heavy atom. The van der Waals surface area contributed by atoms with Crippen molar-refractivity contribution >= 4 is 34.4 Å². The molecule has 1 aliphatic rings. The Hall–Kier alpha value is -4.07. The highest BCUT2D eigenvalue weighted by molar-refractivity contribution is 7.14. The summed E-state index contributed by atoms with van der Waals surface area (Å²) in [5.74, 6) is -0.184. The average molecular weight is 523 g/mol. The highest BCUT2D eigenvalue weighted by Crippen LogP contribution is 2.29. The highest BCUT2D eigenvalue weighted by atomic mass is 32.1. The zero-order chi connectivity index (χ0) is 26.2. The first-order valence-electron chi connectivity index (χ1n) is 12.8. The van der Waals surface area contributed by atoms with E-state index in [0.717, 1.165) is 18.7 Å². The van der Waals surface area contributed by atoms with Crippen molar-refractivity contribution in [2.24, 2.45) is 0 Å². The number of benzene rings is 3. The number of hydrogen-bond donors (Lipinski definition) is 1. The average Bonchev–Trinajstić information content (AvgIpc) is 3.40. The van der Waals surface area contributed by atoms with Gasteiger partial charge >= 0.3 is 0 Å². The summed E-state index contributed by atoms with van der Waals surface area (Å²) in [7, 11) is 0. The standard InChI is InChI=1S/C31H30N4O2S/c36-28(17-16-24-10-4-1-5-11-24)33-31-32-27(23-38-31)22-29(37)34-18-20-35(21-19-34)30(25-12-6-2-7-13-25)26-14-8-3-9-15-26/h1-17,23,30H,18-22H2,(H,32,33,36)/b17-16+. The topological polar surface area (TPSA) is 65.5 Å². The maximum absolute atomic E-state index is 13.0. The third-order valence-electron chi connectivity index (χ3n) is 6.60. The van der Waals surface area contributed by atoms with Crippen LogP contribution < -0.4 is 5.32 Å². The van der Waals surface area contributed by atoms with Gasteiger partial charge in [-0.3, -0.25) is 19.8 Å². The zero-order valence-electron chi connectivity index (χ0n) is 21.1. The second-order valence-corrected chi connectivity index (χ2v) is 10.1. The predicted molar refractivity (Wildman–Crippen MR) is 153 cm³/mol. The Bertz CT molecular complexity index is 1330. The Morgan fingerprint density at radius 1 is 0.842 bits per heavy atom. The van der Waals surface area contributed by atoms with Gasteiger partial charge in [0.05, 0.1) is 18.2 Å². The first kappa shape index (κ1) is 25.6. The second kappa shape index (κ2) is 12.4. The zero-order valence-corrected chi connectivity index (χ0v) is 21.9. The summed E-state index contributed by atoms with van der Waals surface area (Å²) < 4.78 is 0. The third kappa shape index (κ3) is 6.62. The lowest BCUT2D eigenvalue weighted by Crippen LogP contribution is -2.50. The molecule has 3 aromatic carbocycles. The molecule has 1 aromatic heterocycles. The summed E-state index contributed by atoms with van der Waals surface area (Å²) in [4.78, 5) is 34.1. The minimum atomic E-state index is -0.247. The molecule has 0 radical (unpaired) electrons. The van der Waals surface area contributed by atoms with Gasteiger partial charge in [0, 0.05) is 37.6 Å². The fourth-order valence-electron chi connectivity index (χ4n) is 4.71. The van der Waals surface area contributed by atoms with E-state index >= 15 is 0 Å². The molecule has 0 bridgehead atoms. The van der Waals surface area contributed by atoms with E-state index in [1.165, 1.54) is 28.5 Å². The van der Waals surface area contributed by atoms with Crippen LogP contribution in [-0.2, 0) is 16.0 Å². The van der Waals surface area contributed by atoms with Crippen molar-refractivity contribution in [3.8, 4) is 0 Å². The number of hydrogen-bond acceptors (Lipinski definition) is 5. The molecule has 0 aliphatic carbocycles. The van der Waals surface area contributed by atoms with Gasteiger partial charge in [-0.2, -0.15) is 0 Å². The van der Waals surface area contributed by atoms with Gasteiger partial charge in [0.15, 0.2) is 5.13 Å². The van der Waals surface area contributed by atoms with Crippen molar-refractivity contribution in [1.29, 1.82) is 0 Å². The molecule has 38 heavy (non-hydrogen) atoms. The fourth-order valence-corrected chi connectivity index (χ4v) is 5.42. The molecule has 6 nitrogen and oxygen atoms in total. The molecule has 1 N–H and O–H groups in total. The summed E-state index contributed by atoms with van der Waals surface area (Å²) in [5, 5.41) is 5.12. The van der Waals surface area contributed by atoms with Crippen LogP contribution in [0.2, 0.25) is 0 Å². The lowest BCUT2D eigenvalue weighted by Gasteiger charge is -2.39. The van der Waals surface area contributed by atoms with Crippen LogP contribution in [0.1, 0.15) is 28.4 Å². The molecule has 0 unspecified atom stereocenters. The maximum atomic E-state index is 13.0. The lowest BCUT2D eigenvalue weighted by molar-refractivity contribution is -0.132. The van der Waals surface area contributed by atoms with E-state index in [0.29, 0.717) is 23.9 Å². The van der Waals surface area contributed by atoms with Gasteiger partial charge < -0.3 is 4.90 Å². The van der Waals surface area contributed by atoms with Gasteiger partial charge in [-0.1, -0.05) is 91.0 Å². The monoisotopic (exact) mass is 522 g/mol. The summed E-state index contributed by atoms with van der Waals surface area (Å²) in [6.45, 7) is 2.94. The quantitative estimate of drug-likeness (QED) is 0.320. The number of carbonyl (C=O) groups excluding carboxylic acids is 2. The fraction of sp³-hybridized carbons (Fsp3) is 0.194. The first-order chi connectivity index (χ1) is 18.7. The van der Waals surface area contributed by atoms with Crippen LogP contribution in [0.4, 0.5) is 5.13 Å². The van der Waals surface area contributed by atoms with Crippen LogP contribution in [0.5, 0.6) is 0 Å². The maximum Gasteiger partial charge on any atom is 0.250 e. The normalized spacial score (nSPS) is 14.2. The first-order valence-corrected chi connectivity index (χ1v) is 13.6. The Kier molecular flexibility index (Phi) is 8.38. The van der Waals surface area contributed by atoms with Crippen molar-refractivity contribution in [2.45, 2.75) is 12.5 Å². The van der Waals surface area contributed by atoms with Crippen molar-refractivity contribution in [3.63, 3.8) is 0 Å².